The molecule has 7 nitrogen and oxygen atoms in total. The van der Waals surface area contributed by atoms with Crippen LogP contribution in [0, 0.1) is 5.82 Å². The number of anilines is 1. The minimum absolute atomic E-state index is 0.0128. The molecule has 0 unspecified atom stereocenters. The fraction of sp³-hybridized carbons (Fsp3) is 0.556. The molecular weight excluding hydrogens is 341 g/mol. The van der Waals surface area contributed by atoms with Gasteiger partial charge in [0.15, 0.2) is 0 Å². The van der Waals surface area contributed by atoms with Crippen LogP contribution in [0.4, 0.5) is 10.1 Å². The number of hydrogen-bond acceptors (Lipinski definition) is 6. The first-order chi connectivity index (χ1) is 12.6. The van der Waals surface area contributed by atoms with Crippen molar-refractivity contribution < 1.29 is 23.5 Å². The summed E-state index contributed by atoms with van der Waals surface area (Å²) in [5.41, 5.74) is 0.868. The van der Waals surface area contributed by atoms with E-state index in [9.17, 15) is 14.0 Å². The van der Waals surface area contributed by atoms with E-state index >= 15 is 0 Å². The largest absolute Gasteiger partial charge is 0.379 e. The fourth-order valence-corrected chi connectivity index (χ4v) is 3.02. The van der Waals surface area contributed by atoms with E-state index < -0.39 is 11.7 Å². The van der Waals surface area contributed by atoms with E-state index in [0.29, 0.717) is 38.5 Å². The number of carbonyl (C=O) groups excluding carboxylic acids is 2. The van der Waals surface area contributed by atoms with Crippen LogP contribution in [0.5, 0.6) is 0 Å². The number of amides is 1. The van der Waals surface area contributed by atoms with Crippen molar-refractivity contribution in [3.63, 3.8) is 0 Å². The molecule has 0 radical (unpaired) electrons. The van der Waals surface area contributed by atoms with Crippen molar-refractivity contribution in [1.29, 1.82) is 0 Å². The van der Waals surface area contributed by atoms with Gasteiger partial charge in [0.05, 0.1) is 26.0 Å². The summed E-state index contributed by atoms with van der Waals surface area (Å²) in [7, 11) is 0. The van der Waals surface area contributed by atoms with E-state index in [2.05, 4.69) is 15.5 Å². The predicted molar refractivity (Wildman–Crippen MR) is 93.4 cm³/mol. The summed E-state index contributed by atoms with van der Waals surface area (Å²) in [5.74, 6) is -1.71. The number of benzene rings is 1. The van der Waals surface area contributed by atoms with Gasteiger partial charge >= 0.3 is 0 Å². The zero-order valence-electron chi connectivity index (χ0n) is 14.6. The summed E-state index contributed by atoms with van der Waals surface area (Å²) in [5, 5.41) is 5.41. The molecule has 0 spiro atoms. The van der Waals surface area contributed by atoms with Crippen molar-refractivity contribution in [3.8, 4) is 0 Å². The van der Waals surface area contributed by atoms with Gasteiger partial charge in [0.25, 0.3) is 5.91 Å². The third kappa shape index (κ3) is 5.31. The lowest BCUT2D eigenvalue weighted by atomic mass is 10.1. The molecule has 26 heavy (non-hydrogen) atoms. The Bertz CT molecular complexity index is 643. The molecular formula is C18H24FN3O4. The second kappa shape index (κ2) is 9.18. The molecule has 2 fully saturated rings. The van der Waals surface area contributed by atoms with Gasteiger partial charge in [0, 0.05) is 38.3 Å². The zero-order valence-corrected chi connectivity index (χ0v) is 14.6. The van der Waals surface area contributed by atoms with Gasteiger partial charge in [-0.25, -0.2) is 4.39 Å². The number of ether oxygens (including phenoxy) is 2. The maximum atomic E-state index is 14.3. The van der Waals surface area contributed by atoms with Crippen molar-refractivity contribution in [1.82, 2.24) is 10.2 Å². The van der Waals surface area contributed by atoms with Crippen LogP contribution in [0.25, 0.3) is 0 Å². The Morgan fingerprint density at radius 3 is 2.81 bits per heavy atom. The summed E-state index contributed by atoms with van der Waals surface area (Å²) in [6, 6.07) is 4.53. The minimum Gasteiger partial charge on any atom is -0.379 e. The van der Waals surface area contributed by atoms with Crippen molar-refractivity contribution in [3.05, 3.63) is 29.6 Å². The van der Waals surface area contributed by atoms with Gasteiger partial charge in [-0.05, 0) is 24.1 Å². The molecule has 142 valence electrons. The van der Waals surface area contributed by atoms with Gasteiger partial charge in [-0.3, -0.25) is 19.8 Å². The normalized spacial score (nSPS) is 20.9. The van der Waals surface area contributed by atoms with E-state index in [-0.39, 0.29) is 24.0 Å². The SMILES string of the molecule is O=C(C[C@H]1CNCO1)C(=O)Nc1ccc(CCN2CCOCC2)c(F)c1. The third-order valence-corrected chi connectivity index (χ3v) is 4.57. The Labute approximate surface area is 151 Å². The van der Waals surface area contributed by atoms with Crippen molar-refractivity contribution >= 4 is 17.4 Å². The molecule has 2 aliphatic rings. The number of morpholine rings is 1. The monoisotopic (exact) mass is 365 g/mol. The number of nitrogens with one attached hydrogen (secondary N) is 2. The predicted octanol–water partition coefficient (Wildman–Crippen LogP) is 0.544. The van der Waals surface area contributed by atoms with Crippen molar-refractivity contribution in [2.24, 2.45) is 0 Å². The summed E-state index contributed by atoms with van der Waals surface area (Å²) < 4.78 is 24.8. The summed E-state index contributed by atoms with van der Waals surface area (Å²) >= 11 is 0. The molecule has 1 amide bonds. The van der Waals surface area contributed by atoms with E-state index in [1.54, 1.807) is 12.1 Å². The van der Waals surface area contributed by atoms with E-state index in [1.807, 2.05) is 0 Å². The maximum Gasteiger partial charge on any atom is 0.291 e. The van der Waals surface area contributed by atoms with Crippen LogP contribution in [0.3, 0.4) is 0 Å². The molecule has 2 N–H and O–H groups in total. The van der Waals surface area contributed by atoms with Gasteiger partial charge in [-0.15, -0.1) is 0 Å². The number of Topliss-reactive ketones (excluding diaryl/α,β-unsaturated/α-hetero) is 1. The topological polar surface area (TPSA) is 79.9 Å². The molecule has 1 aromatic rings. The Balaban J connectivity index is 1.49. The van der Waals surface area contributed by atoms with Crippen molar-refractivity contribution in [2.75, 3.05) is 51.4 Å². The van der Waals surface area contributed by atoms with Gasteiger partial charge in [-0.2, -0.15) is 0 Å². The van der Waals surface area contributed by atoms with Crippen molar-refractivity contribution in [2.45, 2.75) is 18.9 Å². The lowest BCUT2D eigenvalue weighted by molar-refractivity contribution is -0.136. The summed E-state index contributed by atoms with van der Waals surface area (Å²) in [6.45, 7) is 4.84. The summed E-state index contributed by atoms with van der Waals surface area (Å²) in [6.07, 6.45) is 0.316. The van der Waals surface area contributed by atoms with Gasteiger partial charge < -0.3 is 14.8 Å². The van der Waals surface area contributed by atoms with E-state index in [4.69, 9.17) is 9.47 Å². The molecule has 1 atom stereocenters. The smallest absolute Gasteiger partial charge is 0.291 e. The standard InChI is InChI=1S/C18H24FN3O4/c19-16-9-14(21-18(24)17(23)10-15-11-20-12-26-15)2-1-13(16)3-4-22-5-7-25-8-6-22/h1-2,9,15,20H,3-8,10-12H2,(H,21,24)/t15-/m0/s1. The van der Waals surface area contributed by atoms with Crippen LogP contribution < -0.4 is 10.6 Å². The highest BCUT2D eigenvalue weighted by Crippen LogP contribution is 2.16. The first-order valence-electron chi connectivity index (χ1n) is 8.87. The van der Waals surface area contributed by atoms with Crippen LogP contribution in [-0.4, -0.2) is 68.8 Å². The molecule has 8 heteroatoms. The average Bonchev–Trinajstić information content (AvgIpc) is 3.15. The Kier molecular flexibility index (Phi) is 6.67. The lowest BCUT2D eigenvalue weighted by Crippen LogP contribution is -2.37. The number of halogens is 1. The molecule has 0 aromatic heterocycles. The first-order valence-corrected chi connectivity index (χ1v) is 8.87. The van der Waals surface area contributed by atoms with E-state index in [1.165, 1.54) is 6.07 Å². The maximum absolute atomic E-state index is 14.3. The molecule has 1 aromatic carbocycles. The highest BCUT2D eigenvalue weighted by Gasteiger charge is 2.23. The number of ketones is 1. The molecule has 0 saturated carbocycles. The third-order valence-electron chi connectivity index (χ3n) is 4.57. The van der Waals surface area contributed by atoms with Crippen LogP contribution in [0.2, 0.25) is 0 Å². The minimum atomic E-state index is -0.749. The molecule has 2 aliphatic heterocycles. The first kappa shape index (κ1) is 18.9. The number of hydrogen-bond donors (Lipinski definition) is 2. The van der Waals surface area contributed by atoms with Crippen LogP contribution in [0.15, 0.2) is 18.2 Å². The van der Waals surface area contributed by atoms with Gasteiger partial charge in [0.2, 0.25) is 5.78 Å². The zero-order chi connectivity index (χ0) is 18.4. The molecule has 2 heterocycles. The molecule has 0 bridgehead atoms. The Morgan fingerprint density at radius 1 is 1.31 bits per heavy atom. The van der Waals surface area contributed by atoms with Crippen LogP contribution in [0.1, 0.15) is 12.0 Å². The van der Waals surface area contributed by atoms with Gasteiger partial charge in [-0.1, -0.05) is 6.07 Å². The highest BCUT2D eigenvalue weighted by molar-refractivity contribution is 6.40. The molecule has 2 saturated heterocycles. The Morgan fingerprint density at radius 2 is 2.12 bits per heavy atom. The number of carbonyl (C=O) groups is 2. The van der Waals surface area contributed by atoms with E-state index in [0.717, 1.165) is 19.6 Å². The van der Waals surface area contributed by atoms with Gasteiger partial charge in [0.1, 0.15) is 5.82 Å². The quantitative estimate of drug-likeness (QED) is 0.687. The van der Waals surface area contributed by atoms with Crippen LogP contribution >= 0.6 is 0 Å². The highest BCUT2D eigenvalue weighted by atomic mass is 19.1. The second-order valence-corrected chi connectivity index (χ2v) is 6.48. The average molecular weight is 365 g/mol. The second-order valence-electron chi connectivity index (χ2n) is 6.48. The lowest BCUT2D eigenvalue weighted by Gasteiger charge is -2.26. The Hall–Kier alpha value is -1.87. The number of rotatable bonds is 7. The number of nitrogens with zero attached hydrogens (tertiary/aromatic N) is 1. The fourth-order valence-electron chi connectivity index (χ4n) is 3.02. The molecule has 0 aliphatic carbocycles. The van der Waals surface area contributed by atoms with Crippen LogP contribution in [-0.2, 0) is 25.5 Å². The summed E-state index contributed by atoms with van der Waals surface area (Å²) in [4.78, 5) is 26.1. The molecule has 3 rings (SSSR count).